The SMILES string of the molecule is CC(C)c1cc(P(c2cc(C(C)C)c(N(C)C)c(C(C)C)c2)c2cc(-c3c(P(c4cc(C(C)C)c(N(C)C)c(C(C)C)c4)c4cc(C(C)C)c(N(C)C)c(C(C)C)c4)ccc4ccccc34)c3ccccc3c2)cc(C(C)C)c1N(C)C. The van der Waals surface area contributed by atoms with Gasteiger partial charge in [0, 0.05) is 79.1 Å². The molecular weight excluding hydrogens is 1030 g/mol. The lowest BCUT2D eigenvalue weighted by Gasteiger charge is -2.33. The van der Waals surface area contributed by atoms with Crippen LogP contribution in [-0.2, 0) is 0 Å². The van der Waals surface area contributed by atoms with E-state index in [9.17, 15) is 0 Å². The molecule has 0 aliphatic carbocycles. The van der Waals surface area contributed by atoms with Crippen molar-refractivity contribution in [1.29, 1.82) is 0 Å². The Hall–Kier alpha value is -5.66. The number of rotatable bonds is 19. The third-order valence-electron chi connectivity index (χ3n) is 16.9. The standard InChI is InChI=1S/C76H100N4P2/c1-45(2)62-36-56(37-63(46(3)4)73(62)77(17)18)81(57-38-64(47(5)6)74(78(19)20)65(39-57)48(7)8)55-35-54-30-26-27-31-60(54)70(44-55)72-61-32-28-25-29-53(61)33-34-71(72)82(58-40-66(49(9)10)75(79(21)22)67(41-58)50(11)12)59-42-68(51(13)14)76(80(23)24)69(43-59)52(15)16/h25-52H,1-24H3. The van der Waals surface area contributed by atoms with E-state index in [2.05, 4.69) is 308 Å². The molecule has 6 heteroatoms. The zero-order valence-corrected chi connectivity index (χ0v) is 56.6. The molecule has 0 fully saturated rings. The van der Waals surface area contributed by atoms with Crippen LogP contribution < -0.4 is 51.4 Å². The molecule has 0 spiro atoms. The number of hydrogen-bond donors (Lipinski definition) is 0. The van der Waals surface area contributed by atoms with Gasteiger partial charge in [-0.3, -0.25) is 0 Å². The van der Waals surface area contributed by atoms with Crippen LogP contribution in [-0.4, -0.2) is 56.4 Å². The lowest BCUT2D eigenvalue weighted by Crippen LogP contribution is -2.28. The maximum absolute atomic E-state index is 2.68. The number of fused-ring (bicyclic) bond motifs is 2. The maximum atomic E-state index is 2.68. The number of benzene rings is 8. The quantitative estimate of drug-likeness (QED) is 0.0748. The molecule has 0 aromatic heterocycles. The monoisotopic (exact) mass is 1130 g/mol. The Labute approximate surface area is 500 Å². The minimum absolute atomic E-state index is 0.328. The van der Waals surface area contributed by atoms with Gasteiger partial charge in [0.2, 0.25) is 0 Å². The molecule has 82 heavy (non-hydrogen) atoms. The first-order chi connectivity index (χ1) is 38.6. The summed E-state index contributed by atoms with van der Waals surface area (Å²) in [6.07, 6.45) is 0. The molecule has 0 heterocycles. The zero-order valence-electron chi connectivity index (χ0n) is 54.8. The number of nitrogens with zero attached hydrogens (tertiary/aromatic N) is 4. The molecule has 0 saturated heterocycles. The van der Waals surface area contributed by atoms with Crippen LogP contribution in [0.25, 0.3) is 32.7 Å². The van der Waals surface area contributed by atoms with E-state index in [1.54, 1.807) is 0 Å². The summed E-state index contributed by atoms with van der Waals surface area (Å²) in [5.74, 6) is 2.66. The molecule has 0 saturated carbocycles. The van der Waals surface area contributed by atoms with Crippen LogP contribution in [0.5, 0.6) is 0 Å². The van der Waals surface area contributed by atoms with E-state index in [1.165, 1.54) is 132 Å². The van der Waals surface area contributed by atoms with Gasteiger partial charge in [-0.25, -0.2) is 0 Å². The van der Waals surface area contributed by atoms with Crippen LogP contribution in [0.1, 0.15) is 203 Å². The second-order valence-corrected chi connectivity index (χ2v) is 31.2. The minimum atomic E-state index is -1.17. The number of hydrogen-bond acceptors (Lipinski definition) is 4. The van der Waals surface area contributed by atoms with E-state index in [1.807, 2.05) is 0 Å². The Bertz CT molecular complexity index is 3320. The van der Waals surface area contributed by atoms with Crippen molar-refractivity contribution in [3.8, 4) is 11.1 Å². The van der Waals surface area contributed by atoms with Gasteiger partial charge in [0.05, 0.1) is 0 Å². The first kappa shape index (κ1) is 62.4. The highest BCUT2D eigenvalue weighted by molar-refractivity contribution is 7.80. The van der Waals surface area contributed by atoms with Crippen molar-refractivity contribution in [2.24, 2.45) is 0 Å². The summed E-state index contributed by atoms with van der Waals surface area (Å²) in [5, 5.41) is 13.6. The Morgan fingerprint density at radius 2 is 0.537 bits per heavy atom. The van der Waals surface area contributed by atoms with Gasteiger partial charge in [-0.05, 0) is 233 Å². The van der Waals surface area contributed by atoms with Crippen molar-refractivity contribution >= 4 is 92.0 Å². The molecule has 4 nitrogen and oxygen atoms in total. The van der Waals surface area contributed by atoms with E-state index >= 15 is 0 Å². The predicted molar refractivity (Wildman–Crippen MR) is 374 cm³/mol. The molecule has 8 aromatic carbocycles. The Kier molecular flexibility index (Phi) is 19.2. The molecule has 0 unspecified atom stereocenters. The highest BCUT2D eigenvalue weighted by Crippen LogP contribution is 2.49. The topological polar surface area (TPSA) is 13.0 Å². The van der Waals surface area contributed by atoms with Crippen LogP contribution >= 0.6 is 15.8 Å². The fourth-order valence-electron chi connectivity index (χ4n) is 13.0. The third-order valence-corrected chi connectivity index (χ3v) is 21.7. The second-order valence-electron chi connectivity index (χ2n) is 26.8. The highest BCUT2D eigenvalue weighted by Gasteiger charge is 2.32. The maximum Gasteiger partial charge on any atom is 0.0431 e. The molecule has 434 valence electrons. The fourth-order valence-corrected chi connectivity index (χ4v) is 18.1. The van der Waals surface area contributed by atoms with Crippen LogP contribution in [0.4, 0.5) is 22.7 Å². The first-order valence-corrected chi connectivity index (χ1v) is 33.4. The van der Waals surface area contributed by atoms with Gasteiger partial charge in [-0.1, -0.05) is 171 Å². The molecule has 8 rings (SSSR count). The lowest BCUT2D eigenvalue weighted by atomic mass is 9.92. The van der Waals surface area contributed by atoms with Crippen molar-refractivity contribution in [2.75, 3.05) is 76.0 Å². The van der Waals surface area contributed by atoms with E-state index in [4.69, 9.17) is 0 Å². The Balaban J connectivity index is 1.61. The smallest absolute Gasteiger partial charge is 0.0431 e. The van der Waals surface area contributed by atoms with Crippen molar-refractivity contribution < 1.29 is 0 Å². The summed E-state index contributed by atoms with van der Waals surface area (Å²) in [6, 6.07) is 49.8. The summed E-state index contributed by atoms with van der Waals surface area (Å²) in [5.41, 5.74) is 19.5. The predicted octanol–water partition coefficient (Wildman–Crippen LogP) is 18.4. The van der Waals surface area contributed by atoms with Gasteiger partial charge >= 0.3 is 0 Å². The molecule has 0 atom stereocenters. The van der Waals surface area contributed by atoms with Crippen molar-refractivity contribution in [3.05, 3.63) is 166 Å². The van der Waals surface area contributed by atoms with Gasteiger partial charge in [-0.2, -0.15) is 0 Å². The van der Waals surface area contributed by atoms with Gasteiger partial charge in [0.15, 0.2) is 0 Å². The van der Waals surface area contributed by atoms with E-state index in [0.29, 0.717) is 47.3 Å². The Morgan fingerprint density at radius 3 is 0.841 bits per heavy atom. The zero-order chi connectivity index (χ0) is 60.1. The van der Waals surface area contributed by atoms with E-state index in [0.717, 1.165) is 0 Å². The molecule has 0 N–H and O–H groups in total. The molecule has 0 amide bonds. The second kappa shape index (κ2) is 25.3. The minimum Gasteiger partial charge on any atom is -0.377 e. The van der Waals surface area contributed by atoms with Crippen LogP contribution in [0, 0.1) is 0 Å². The normalized spacial score (nSPS) is 12.3. The average Bonchev–Trinajstić information content (AvgIpc) is 3.58. The first-order valence-electron chi connectivity index (χ1n) is 30.7. The van der Waals surface area contributed by atoms with Crippen LogP contribution in [0.3, 0.4) is 0 Å². The summed E-state index contributed by atoms with van der Waals surface area (Å²) in [4.78, 5) is 9.49. The van der Waals surface area contributed by atoms with Gasteiger partial charge in [-0.15, -0.1) is 0 Å². The van der Waals surface area contributed by atoms with Crippen molar-refractivity contribution in [2.45, 2.75) is 158 Å². The fraction of sp³-hybridized carbons (Fsp3) is 0.421. The summed E-state index contributed by atoms with van der Waals surface area (Å²) in [6.45, 7) is 38.2. The summed E-state index contributed by atoms with van der Waals surface area (Å²) in [7, 11) is 15.6. The summed E-state index contributed by atoms with van der Waals surface area (Å²) >= 11 is 0. The molecule has 0 aliphatic heterocycles. The van der Waals surface area contributed by atoms with Gasteiger partial charge in [0.1, 0.15) is 0 Å². The van der Waals surface area contributed by atoms with Gasteiger partial charge in [0.25, 0.3) is 0 Å². The largest absolute Gasteiger partial charge is 0.377 e. The average molecular weight is 1130 g/mol. The van der Waals surface area contributed by atoms with E-state index in [-0.39, 0.29) is 0 Å². The Morgan fingerprint density at radius 1 is 0.268 bits per heavy atom. The van der Waals surface area contributed by atoms with Crippen LogP contribution in [0.2, 0.25) is 0 Å². The number of anilines is 4. The van der Waals surface area contributed by atoms with Crippen molar-refractivity contribution in [1.82, 2.24) is 0 Å². The molecular formula is C76H100N4P2. The van der Waals surface area contributed by atoms with Crippen molar-refractivity contribution in [3.63, 3.8) is 0 Å². The highest BCUT2D eigenvalue weighted by atomic mass is 31.1. The molecule has 0 radical (unpaired) electrons. The van der Waals surface area contributed by atoms with Gasteiger partial charge < -0.3 is 19.6 Å². The van der Waals surface area contributed by atoms with Crippen LogP contribution in [0.15, 0.2) is 121 Å². The lowest BCUT2D eigenvalue weighted by molar-refractivity contribution is 0.824. The molecule has 8 aromatic rings. The molecule has 0 bridgehead atoms. The van der Waals surface area contributed by atoms with E-state index < -0.39 is 15.8 Å². The summed E-state index contributed by atoms with van der Waals surface area (Å²) < 4.78 is 0. The molecule has 0 aliphatic rings. The third kappa shape index (κ3) is 12.2.